The highest BCUT2D eigenvalue weighted by molar-refractivity contribution is 14.1. The highest BCUT2D eigenvalue weighted by Crippen LogP contribution is 2.05. The van der Waals surface area contributed by atoms with Crippen LogP contribution in [-0.4, -0.2) is 7.11 Å². The molecule has 0 atom stereocenters. The van der Waals surface area contributed by atoms with Gasteiger partial charge in [0.15, 0.2) is 3.77 Å². The van der Waals surface area contributed by atoms with Crippen molar-refractivity contribution in [2.45, 2.75) is 13.3 Å². The third-order valence-corrected chi connectivity index (χ3v) is 1.44. The van der Waals surface area contributed by atoms with Gasteiger partial charge < -0.3 is 4.74 Å². The molecule has 0 radical (unpaired) electrons. The first-order valence-corrected chi connectivity index (χ1v) is 3.28. The highest BCUT2D eigenvalue weighted by Gasteiger charge is 1.79. The van der Waals surface area contributed by atoms with Crippen molar-refractivity contribution in [2.75, 3.05) is 7.11 Å². The van der Waals surface area contributed by atoms with E-state index in [9.17, 15) is 0 Å². The van der Waals surface area contributed by atoms with Gasteiger partial charge in [0.1, 0.15) is 0 Å². The standard InChI is InChI=1S/C5H9IO/c1-3-4-5(6)7-2/h4H,3H2,1-2H3/b5-4-. The molecule has 0 saturated carbocycles. The molecule has 0 aromatic heterocycles. The second-order valence-electron chi connectivity index (χ2n) is 1.12. The maximum Gasteiger partial charge on any atom is 0.152 e. The van der Waals surface area contributed by atoms with E-state index in [1.165, 1.54) is 0 Å². The van der Waals surface area contributed by atoms with Crippen LogP contribution in [0.4, 0.5) is 0 Å². The summed E-state index contributed by atoms with van der Waals surface area (Å²) in [7, 11) is 1.67. The van der Waals surface area contributed by atoms with Crippen molar-refractivity contribution in [3.8, 4) is 0 Å². The van der Waals surface area contributed by atoms with Gasteiger partial charge in [-0.3, -0.25) is 0 Å². The summed E-state index contributed by atoms with van der Waals surface area (Å²) in [6.07, 6.45) is 3.08. The van der Waals surface area contributed by atoms with E-state index in [2.05, 4.69) is 29.5 Å². The van der Waals surface area contributed by atoms with E-state index in [0.29, 0.717) is 0 Å². The number of rotatable bonds is 2. The summed E-state index contributed by atoms with van der Waals surface area (Å²) < 4.78 is 5.81. The topological polar surface area (TPSA) is 9.23 Å². The first-order valence-electron chi connectivity index (χ1n) is 2.21. The second-order valence-corrected chi connectivity index (χ2v) is 2.18. The highest BCUT2D eigenvalue weighted by atomic mass is 127. The molecule has 0 aromatic carbocycles. The molecule has 0 rings (SSSR count). The van der Waals surface area contributed by atoms with Crippen LogP contribution in [0, 0.1) is 0 Å². The van der Waals surface area contributed by atoms with Gasteiger partial charge in [-0.15, -0.1) is 0 Å². The molecule has 7 heavy (non-hydrogen) atoms. The molecule has 1 nitrogen and oxygen atoms in total. The monoisotopic (exact) mass is 212 g/mol. The van der Waals surface area contributed by atoms with Crippen molar-refractivity contribution >= 4 is 22.6 Å². The Hall–Kier alpha value is 0.270. The molecule has 0 saturated heterocycles. The van der Waals surface area contributed by atoms with Crippen LogP contribution in [-0.2, 0) is 4.74 Å². The molecule has 2 heteroatoms. The molecule has 0 heterocycles. The van der Waals surface area contributed by atoms with Crippen LogP contribution in [0.3, 0.4) is 0 Å². The molecule has 0 unspecified atom stereocenters. The quantitative estimate of drug-likeness (QED) is 0.504. The lowest BCUT2D eigenvalue weighted by atomic mass is 10.5. The summed E-state index contributed by atoms with van der Waals surface area (Å²) in [4.78, 5) is 0. The van der Waals surface area contributed by atoms with Gasteiger partial charge in [-0.25, -0.2) is 0 Å². The molecule has 0 aliphatic rings. The molecule has 0 aromatic rings. The van der Waals surface area contributed by atoms with E-state index in [4.69, 9.17) is 4.74 Å². The fourth-order valence-electron chi connectivity index (χ4n) is 0.244. The molecule has 0 aliphatic heterocycles. The van der Waals surface area contributed by atoms with Gasteiger partial charge in [-0.2, -0.15) is 0 Å². The van der Waals surface area contributed by atoms with E-state index in [1.54, 1.807) is 7.11 Å². The first kappa shape index (κ1) is 7.27. The zero-order chi connectivity index (χ0) is 5.70. The maximum atomic E-state index is 4.84. The summed E-state index contributed by atoms with van der Waals surface area (Å²) in [6.45, 7) is 2.08. The molecular formula is C5H9IO. The normalized spacial score (nSPS) is 11.6. The second kappa shape index (κ2) is 4.43. The predicted octanol–water partition coefficient (Wildman–Crippen LogP) is 2.32. The van der Waals surface area contributed by atoms with Crippen LogP contribution in [0.1, 0.15) is 13.3 Å². The van der Waals surface area contributed by atoms with Crippen LogP contribution in [0.15, 0.2) is 9.84 Å². The summed E-state index contributed by atoms with van der Waals surface area (Å²) in [6, 6.07) is 0. The van der Waals surface area contributed by atoms with Crippen molar-refractivity contribution < 1.29 is 4.74 Å². The summed E-state index contributed by atoms with van der Waals surface area (Å²) >= 11 is 2.14. The van der Waals surface area contributed by atoms with Gasteiger partial charge in [0.25, 0.3) is 0 Å². The Balaban J connectivity index is 3.29. The molecule has 0 N–H and O–H groups in total. The average Bonchev–Trinajstić information content (AvgIpc) is 1.68. The minimum atomic E-state index is 0.972. The van der Waals surface area contributed by atoms with Crippen molar-refractivity contribution in [3.05, 3.63) is 9.84 Å². The van der Waals surface area contributed by atoms with Crippen LogP contribution >= 0.6 is 22.6 Å². The molecule has 0 bridgehead atoms. The lowest BCUT2D eigenvalue weighted by Gasteiger charge is -1.91. The average molecular weight is 212 g/mol. The fourth-order valence-corrected chi connectivity index (χ4v) is 0.684. The molecule has 0 fully saturated rings. The lowest BCUT2D eigenvalue weighted by Crippen LogP contribution is -1.71. The lowest BCUT2D eigenvalue weighted by molar-refractivity contribution is 0.330. The smallest absolute Gasteiger partial charge is 0.152 e. The van der Waals surface area contributed by atoms with Gasteiger partial charge in [-0.05, 0) is 35.1 Å². The SMILES string of the molecule is CC/C=C(/I)OC. The fraction of sp³-hybridized carbons (Fsp3) is 0.600. The van der Waals surface area contributed by atoms with Gasteiger partial charge in [-0.1, -0.05) is 6.92 Å². The largest absolute Gasteiger partial charge is 0.491 e. The van der Waals surface area contributed by atoms with Crippen LogP contribution < -0.4 is 0 Å². The molecule has 0 spiro atoms. The number of halogens is 1. The number of methoxy groups -OCH3 is 1. The Labute approximate surface area is 57.9 Å². The Morgan fingerprint density at radius 2 is 2.43 bits per heavy atom. The van der Waals surface area contributed by atoms with E-state index in [-0.39, 0.29) is 0 Å². The summed E-state index contributed by atoms with van der Waals surface area (Å²) in [5.41, 5.74) is 0. The van der Waals surface area contributed by atoms with E-state index in [1.807, 2.05) is 6.08 Å². The molecule has 0 aliphatic carbocycles. The maximum absolute atomic E-state index is 4.84. The van der Waals surface area contributed by atoms with Crippen molar-refractivity contribution in [1.29, 1.82) is 0 Å². The van der Waals surface area contributed by atoms with Crippen molar-refractivity contribution in [2.24, 2.45) is 0 Å². The number of ether oxygens (including phenoxy) is 1. The van der Waals surface area contributed by atoms with E-state index < -0.39 is 0 Å². The predicted molar refractivity (Wildman–Crippen MR) is 39.4 cm³/mol. The van der Waals surface area contributed by atoms with Gasteiger partial charge in [0, 0.05) is 0 Å². The summed E-state index contributed by atoms with van der Waals surface area (Å²) in [5.74, 6) is 0. The van der Waals surface area contributed by atoms with E-state index >= 15 is 0 Å². The number of hydrogen-bond donors (Lipinski definition) is 0. The van der Waals surface area contributed by atoms with Gasteiger partial charge in [0.05, 0.1) is 7.11 Å². The Morgan fingerprint density at radius 1 is 1.86 bits per heavy atom. The molecule has 42 valence electrons. The van der Waals surface area contributed by atoms with Crippen LogP contribution in [0.2, 0.25) is 0 Å². The third-order valence-electron chi connectivity index (χ3n) is 0.560. The van der Waals surface area contributed by atoms with Crippen molar-refractivity contribution in [1.82, 2.24) is 0 Å². The molecular weight excluding hydrogens is 203 g/mol. The Bertz CT molecular complexity index is 68.5. The van der Waals surface area contributed by atoms with E-state index in [0.717, 1.165) is 10.2 Å². The first-order chi connectivity index (χ1) is 3.31. The van der Waals surface area contributed by atoms with Crippen molar-refractivity contribution in [3.63, 3.8) is 0 Å². The number of allylic oxidation sites excluding steroid dienone is 1. The van der Waals surface area contributed by atoms with Crippen LogP contribution in [0.5, 0.6) is 0 Å². The zero-order valence-electron chi connectivity index (χ0n) is 4.57. The minimum absolute atomic E-state index is 0.972. The number of hydrogen-bond acceptors (Lipinski definition) is 1. The van der Waals surface area contributed by atoms with Crippen LogP contribution in [0.25, 0.3) is 0 Å². The van der Waals surface area contributed by atoms with Gasteiger partial charge in [0.2, 0.25) is 0 Å². The third kappa shape index (κ3) is 4.12. The minimum Gasteiger partial charge on any atom is -0.491 e. The molecule has 0 amide bonds. The van der Waals surface area contributed by atoms with Gasteiger partial charge >= 0.3 is 0 Å². The Morgan fingerprint density at radius 3 is 2.57 bits per heavy atom. The summed E-state index contributed by atoms with van der Waals surface area (Å²) in [5, 5.41) is 0. The Kier molecular flexibility index (Phi) is 4.60. The zero-order valence-corrected chi connectivity index (χ0v) is 6.73.